The van der Waals surface area contributed by atoms with E-state index in [1.165, 1.54) is 14.2 Å². The number of benzene rings is 1. The lowest BCUT2D eigenvalue weighted by Gasteiger charge is -2.12. The highest BCUT2D eigenvalue weighted by Crippen LogP contribution is 2.27. The van der Waals surface area contributed by atoms with Crippen molar-refractivity contribution in [3.63, 3.8) is 0 Å². The second-order valence-electron chi connectivity index (χ2n) is 3.06. The molecule has 0 spiro atoms. The molecule has 0 bridgehead atoms. The van der Waals surface area contributed by atoms with Gasteiger partial charge in [-0.2, -0.15) is 0 Å². The van der Waals surface area contributed by atoms with Gasteiger partial charge in [0, 0.05) is 0 Å². The van der Waals surface area contributed by atoms with Crippen LogP contribution in [-0.2, 0) is 9.53 Å². The number of amides is 1. The minimum atomic E-state index is -0.590. The fourth-order valence-corrected chi connectivity index (χ4v) is 1.37. The van der Waals surface area contributed by atoms with Crippen LogP contribution in [0.3, 0.4) is 0 Å². The van der Waals surface area contributed by atoms with Crippen molar-refractivity contribution in [3.8, 4) is 5.75 Å². The van der Waals surface area contributed by atoms with E-state index < -0.39 is 11.9 Å². The lowest BCUT2D eigenvalue weighted by atomic mass is 10.1. The molecule has 1 amide bonds. The van der Waals surface area contributed by atoms with Gasteiger partial charge in [-0.1, -0.05) is 6.07 Å². The van der Waals surface area contributed by atoms with Crippen LogP contribution in [0.4, 0.5) is 5.69 Å². The van der Waals surface area contributed by atoms with Crippen LogP contribution < -0.4 is 10.1 Å². The minimum Gasteiger partial charge on any atom is -0.496 e. The van der Waals surface area contributed by atoms with E-state index >= 15 is 0 Å². The van der Waals surface area contributed by atoms with Crippen LogP contribution in [0.25, 0.3) is 0 Å². The summed E-state index contributed by atoms with van der Waals surface area (Å²) in [5.74, 6) is -0.876. The second kappa shape index (κ2) is 6.10. The summed E-state index contributed by atoms with van der Waals surface area (Å²) < 4.78 is 9.67. The van der Waals surface area contributed by atoms with Crippen molar-refractivity contribution >= 4 is 29.2 Å². The second-order valence-corrected chi connectivity index (χ2v) is 3.32. The van der Waals surface area contributed by atoms with Crippen molar-refractivity contribution in [1.82, 2.24) is 0 Å². The van der Waals surface area contributed by atoms with Gasteiger partial charge in [0.1, 0.15) is 17.2 Å². The van der Waals surface area contributed by atoms with Crippen molar-refractivity contribution in [1.29, 1.82) is 0 Å². The van der Waals surface area contributed by atoms with Crippen LogP contribution in [-0.4, -0.2) is 32.0 Å². The molecule has 0 heterocycles. The number of carbonyl (C=O) groups excluding carboxylic acids is 2. The van der Waals surface area contributed by atoms with Gasteiger partial charge in [0.15, 0.2) is 0 Å². The minimum absolute atomic E-state index is 0.163. The van der Waals surface area contributed by atoms with Gasteiger partial charge >= 0.3 is 5.97 Å². The van der Waals surface area contributed by atoms with Crippen molar-refractivity contribution in [2.24, 2.45) is 0 Å². The van der Waals surface area contributed by atoms with Crippen LogP contribution in [0, 0.1) is 0 Å². The third kappa shape index (κ3) is 3.10. The van der Waals surface area contributed by atoms with Gasteiger partial charge in [0.05, 0.1) is 19.9 Å². The van der Waals surface area contributed by atoms with E-state index in [2.05, 4.69) is 10.1 Å². The molecule has 5 nitrogen and oxygen atoms in total. The third-order valence-electron chi connectivity index (χ3n) is 2.03. The maximum atomic E-state index is 11.6. The van der Waals surface area contributed by atoms with Gasteiger partial charge in [-0.05, 0) is 12.1 Å². The summed E-state index contributed by atoms with van der Waals surface area (Å²) in [6.07, 6.45) is 0. The van der Waals surface area contributed by atoms with Gasteiger partial charge in [0.25, 0.3) is 0 Å². The van der Waals surface area contributed by atoms with E-state index in [9.17, 15) is 9.59 Å². The molecule has 0 aromatic heterocycles. The molecule has 92 valence electrons. The first-order valence-electron chi connectivity index (χ1n) is 4.75. The number of hydrogen-bond donors (Lipinski definition) is 1. The number of halogens is 1. The summed E-state index contributed by atoms with van der Waals surface area (Å²) in [5, 5.41) is 2.50. The molecular formula is C11H12ClNO4. The molecule has 0 aliphatic heterocycles. The molecule has 0 saturated heterocycles. The fourth-order valence-electron chi connectivity index (χ4n) is 1.30. The maximum Gasteiger partial charge on any atom is 0.343 e. The molecule has 0 aliphatic rings. The first kappa shape index (κ1) is 13.3. The number of anilines is 1. The van der Waals surface area contributed by atoms with Crippen molar-refractivity contribution in [2.45, 2.75) is 0 Å². The van der Waals surface area contributed by atoms with E-state index in [4.69, 9.17) is 16.3 Å². The van der Waals surface area contributed by atoms with Gasteiger partial charge in [-0.15, -0.1) is 11.6 Å². The topological polar surface area (TPSA) is 64.6 Å². The molecule has 0 saturated carbocycles. The monoisotopic (exact) mass is 257 g/mol. The zero-order valence-electron chi connectivity index (χ0n) is 9.45. The zero-order valence-corrected chi connectivity index (χ0v) is 10.2. The third-order valence-corrected chi connectivity index (χ3v) is 2.27. The molecule has 0 fully saturated rings. The number of methoxy groups -OCH3 is 2. The number of rotatable bonds is 4. The highest BCUT2D eigenvalue weighted by molar-refractivity contribution is 6.29. The Bertz CT molecular complexity index is 433. The fraction of sp³-hybridized carbons (Fsp3) is 0.273. The average molecular weight is 258 g/mol. The summed E-state index contributed by atoms with van der Waals surface area (Å²) in [5.41, 5.74) is 0.470. The summed E-state index contributed by atoms with van der Waals surface area (Å²) in [6.45, 7) is 0. The Balaban J connectivity index is 3.19. The largest absolute Gasteiger partial charge is 0.496 e. The summed E-state index contributed by atoms with van der Waals surface area (Å²) in [4.78, 5) is 22.8. The molecule has 0 atom stereocenters. The van der Waals surface area contributed by atoms with E-state index in [1.54, 1.807) is 18.2 Å². The molecule has 17 heavy (non-hydrogen) atoms. The van der Waals surface area contributed by atoms with Crippen molar-refractivity contribution in [3.05, 3.63) is 23.8 Å². The standard InChI is InChI=1S/C11H12ClNO4/c1-16-8-5-3-4-7(13-9(14)6-12)10(8)11(15)17-2/h3-5H,6H2,1-2H3,(H,13,14). The maximum absolute atomic E-state index is 11.6. The average Bonchev–Trinajstić information content (AvgIpc) is 2.37. The molecule has 0 radical (unpaired) electrons. The summed E-state index contributed by atoms with van der Waals surface area (Å²) >= 11 is 5.38. The molecule has 0 unspecified atom stereocenters. The first-order valence-corrected chi connectivity index (χ1v) is 5.28. The lowest BCUT2D eigenvalue weighted by Crippen LogP contribution is -2.16. The summed E-state index contributed by atoms with van der Waals surface area (Å²) in [6, 6.07) is 4.82. The lowest BCUT2D eigenvalue weighted by molar-refractivity contribution is -0.113. The zero-order chi connectivity index (χ0) is 12.8. The molecule has 1 rings (SSSR count). The molecule has 1 aromatic carbocycles. The van der Waals surface area contributed by atoms with Crippen LogP contribution in [0.5, 0.6) is 5.75 Å². The first-order chi connectivity index (χ1) is 8.13. The Morgan fingerprint density at radius 2 is 2.06 bits per heavy atom. The normalized spacial score (nSPS) is 9.59. The predicted octanol–water partition coefficient (Wildman–Crippen LogP) is 1.66. The SMILES string of the molecule is COC(=O)c1c(NC(=O)CCl)cccc1OC. The van der Waals surface area contributed by atoms with Crippen LogP contribution in [0.2, 0.25) is 0 Å². The van der Waals surface area contributed by atoms with Crippen LogP contribution in [0.1, 0.15) is 10.4 Å². The number of nitrogens with one attached hydrogen (secondary N) is 1. The Morgan fingerprint density at radius 1 is 1.35 bits per heavy atom. The van der Waals surface area contributed by atoms with E-state index in [1.807, 2.05) is 0 Å². The van der Waals surface area contributed by atoms with E-state index in [0.29, 0.717) is 11.4 Å². The quantitative estimate of drug-likeness (QED) is 0.658. The Hall–Kier alpha value is -1.75. The number of ether oxygens (including phenoxy) is 2. The molecule has 1 N–H and O–H groups in total. The molecule has 1 aromatic rings. The highest BCUT2D eigenvalue weighted by atomic mass is 35.5. The highest BCUT2D eigenvalue weighted by Gasteiger charge is 2.18. The number of alkyl halides is 1. The van der Waals surface area contributed by atoms with Crippen LogP contribution >= 0.6 is 11.6 Å². The summed E-state index contributed by atoms with van der Waals surface area (Å²) in [7, 11) is 2.68. The number of carbonyl (C=O) groups is 2. The van der Waals surface area contributed by atoms with Gasteiger partial charge < -0.3 is 14.8 Å². The van der Waals surface area contributed by atoms with Gasteiger partial charge in [-0.3, -0.25) is 4.79 Å². The smallest absolute Gasteiger partial charge is 0.343 e. The molecular weight excluding hydrogens is 246 g/mol. The van der Waals surface area contributed by atoms with E-state index in [0.717, 1.165) is 0 Å². The van der Waals surface area contributed by atoms with E-state index in [-0.39, 0.29) is 11.4 Å². The number of esters is 1. The van der Waals surface area contributed by atoms with Crippen LogP contribution in [0.15, 0.2) is 18.2 Å². The van der Waals surface area contributed by atoms with Gasteiger partial charge in [-0.25, -0.2) is 4.79 Å². The Kier molecular flexibility index (Phi) is 4.78. The number of hydrogen-bond acceptors (Lipinski definition) is 4. The van der Waals surface area contributed by atoms with Crippen molar-refractivity contribution < 1.29 is 19.1 Å². The Labute approximate surface area is 104 Å². The Morgan fingerprint density at radius 3 is 2.59 bits per heavy atom. The molecule has 6 heteroatoms. The predicted molar refractivity (Wildman–Crippen MR) is 63.7 cm³/mol. The molecule has 0 aliphatic carbocycles. The van der Waals surface area contributed by atoms with Gasteiger partial charge in [0.2, 0.25) is 5.91 Å². The van der Waals surface area contributed by atoms with Crippen molar-refractivity contribution in [2.75, 3.05) is 25.4 Å².